The third-order valence-corrected chi connectivity index (χ3v) is 6.38. The Bertz CT molecular complexity index is 972. The van der Waals surface area contributed by atoms with Crippen molar-refractivity contribution in [2.75, 3.05) is 18.1 Å². The third kappa shape index (κ3) is 6.37. The summed E-state index contributed by atoms with van der Waals surface area (Å²) in [5.41, 5.74) is 2.21. The summed E-state index contributed by atoms with van der Waals surface area (Å²) in [6, 6.07) is 11.7. The number of carbonyl (C=O) groups is 1. The summed E-state index contributed by atoms with van der Waals surface area (Å²) >= 11 is 0. The molecule has 2 rings (SSSR count). The zero-order valence-corrected chi connectivity index (χ0v) is 19.0. The molecule has 7 heteroatoms. The topological polar surface area (TPSA) is 75.3 Å². The second kappa shape index (κ2) is 10.2. The first-order chi connectivity index (χ1) is 14.0. The van der Waals surface area contributed by atoms with Crippen LogP contribution in [-0.2, 0) is 14.6 Å². The standard InChI is InChI=1S/C23H31FN2O3S/c1-6-16(4)17-7-9-18(10-8-17)23(15(2)3)25-14-22(27)26-21-13-19(30(5,28)29)11-12-20(21)24/h7-13,15-16,23,25H,6,14H2,1-5H3,(H,26,27)/t16-,23-/m1/s1. The summed E-state index contributed by atoms with van der Waals surface area (Å²) in [5, 5.41) is 5.69. The maximum absolute atomic E-state index is 14.0. The van der Waals surface area contributed by atoms with Crippen molar-refractivity contribution in [1.29, 1.82) is 0 Å². The van der Waals surface area contributed by atoms with Gasteiger partial charge in [0.25, 0.3) is 0 Å². The lowest BCUT2D eigenvalue weighted by Crippen LogP contribution is -2.33. The molecule has 1 amide bonds. The highest BCUT2D eigenvalue weighted by molar-refractivity contribution is 7.90. The van der Waals surface area contributed by atoms with Crippen molar-refractivity contribution < 1.29 is 17.6 Å². The summed E-state index contributed by atoms with van der Waals surface area (Å²) in [4.78, 5) is 12.3. The number of amides is 1. The number of halogens is 1. The van der Waals surface area contributed by atoms with E-state index in [-0.39, 0.29) is 29.1 Å². The van der Waals surface area contributed by atoms with Crippen LogP contribution in [0.5, 0.6) is 0 Å². The fourth-order valence-electron chi connectivity index (χ4n) is 3.23. The minimum absolute atomic E-state index is 0.0293. The third-order valence-electron chi connectivity index (χ3n) is 5.27. The summed E-state index contributed by atoms with van der Waals surface area (Å²) in [7, 11) is -3.50. The number of benzene rings is 2. The number of carbonyl (C=O) groups excluding carboxylic acids is 1. The van der Waals surface area contributed by atoms with Gasteiger partial charge in [-0.2, -0.15) is 0 Å². The molecule has 0 radical (unpaired) electrons. The first-order valence-corrected chi connectivity index (χ1v) is 12.0. The normalized spacial score (nSPS) is 13.8. The average molecular weight is 435 g/mol. The summed E-state index contributed by atoms with van der Waals surface area (Å²) < 4.78 is 37.3. The van der Waals surface area contributed by atoms with E-state index in [1.165, 1.54) is 11.6 Å². The highest BCUT2D eigenvalue weighted by atomic mass is 32.2. The van der Waals surface area contributed by atoms with Gasteiger partial charge in [0.15, 0.2) is 9.84 Å². The first-order valence-electron chi connectivity index (χ1n) is 10.2. The Kier molecular flexibility index (Phi) is 8.15. The molecule has 0 aromatic heterocycles. The van der Waals surface area contributed by atoms with E-state index in [1.54, 1.807) is 0 Å². The fourth-order valence-corrected chi connectivity index (χ4v) is 3.88. The fraction of sp³-hybridized carbons (Fsp3) is 0.435. The van der Waals surface area contributed by atoms with Gasteiger partial charge in [-0.05, 0) is 47.6 Å². The Morgan fingerprint density at radius 2 is 1.63 bits per heavy atom. The van der Waals surface area contributed by atoms with Crippen LogP contribution in [-0.4, -0.2) is 27.1 Å². The quantitative estimate of drug-likeness (QED) is 0.563. The van der Waals surface area contributed by atoms with Gasteiger partial charge in [-0.25, -0.2) is 12.8 Å². The zero-order chi connectivity index (χ0) is 22.5. The van der Waals surface area contributed by atoms with E-state index < -0.39 is 21.6 Å². The number of rotatable bonds is 9. The van der Waals surface area contributed by atoms with Crippen molar-refractivity contribution in [3.63, 3.8) is 0 Å². The summed E-state index contributed by atoms with van der Waals surface area (Å²) in [6.07, 6.45) is 2.11. The maximum atomic E-state index is 14.0. The van der Waals surface area contributed by atoms with Gasteiger partial charge in [0.05, 0.1) is 17.1 Å². The Hall–Kier alpha value is -2.25. The van der Waals surface area contributed by atoms with Gasteiger partial charge in [0.1, 0.15) is 5.82 Å². The monoisotopic (exact) mass is 434 g/mol. The minimum Gasteiger partial charge on any atom is -0.322 e. The van der Waals surface area contributed by atoms with Crippen LogP contribution < -0.4 is 10.6 Å². The molecule has 0 aliphatic rings. The van der Waals surface area contributed by atoms with E-state index in [4.69, 9.17) is 0 Å². The van der Waals surface area contributed by atoms with Crippen LogP contribution in [0.4, 0.5) is 10.1 Å². The SMILES string of the molecule is CC[C@@H](C)c1ccc([C@H](NCC(=O)Nc2cc(S(C)(=O)=O)ccc2F)C(C)C)cc1. The van der Waals surface area contributed by atoms with Crippen LogP contribution >= 0.6 is 0 Å². The molecular weight excluding hydrogens is 403 g/mol. The van der Waals surface area contributed by atoms with Crippen LogP contribution in [0.25, 0.3) is 0 Å². The second-order valence-electron chi connectivity index (χ2n) is 8.04. The lowest BCUT2D eigenvalue weighted by molar-refractivity contribution is -0.115. The lowest BCUT2D eigenvalue weighted by Gasteiger charge is -2.23. The molecule has 0 aliphatic carbocycles. The molecule has 2 aromatic rings. The van der Waals surface area contributed by atoms with Crippen LogP contribution in [0.3, 0.4) is 0 Å². The van der Waals surface area contributed by atoms with Crippen molar-refractivity contribution in [3.8, 4) is 0 Å². The first kappa shape index (κ1) is 24.0. The molecule has 164 valence electrons. The number of hydrogen-bond donors (Lipinski definition) is 2. The number of nitrogens with one attached hydrogen (secondary N) is 2. The number of sulfone groups is 1. The molecule has 0 saturated carbocycles. The van der Waals surface area contributed by atoms with E-state index in [2.05, 4.69) is 62.6 Å². The van der Waals surface area contributed by atoms with Crippen LogP contribution in [0.2, 0.25) is 0 Å². The average Bonchev–Trinajstić information content (AvgIpc) is 2.68. The van der Waals surface area contributed by atoms with Gasteiger partial charge in [0.2, 0.25) is 5.91 Å². The molecule has 0 fully saturated rings. The van der Waals surface area contributed by atoms with Crippen molar-refractivity contribution in [1.82, 2.24) is 5.32 Å². The zero-order valence-electron chi connectivity index (χ0n) is 18.2. The summed E-state index contributed by atoms with van der Waals surface area (Å²) in [5.74, 6) is -0.399. The predicted octanol–water partition coefficient (Wildman–Crippen LogP) is 4.67. The molecule has 2 atom stereocenters. The largest absolute Gasteiger partial charge is 0.322 e. The molecule has 30 heavy (non-hydrogen) atoms. The molecule has 0 unspecified atom stereocenters. The lowest BCUT2D eigenvalue weighted by atomic mass is 9.92. The highest BCUT2D eigenvalue weighted by Gasteiger charge is 2.18. The number of anilines is 1. The summed E-state index contributed by atoms with van der Waals surface area (Å²) in [6.45, 7) is 8.44. The van der Waals surface area contributed by atoms with Crippen molar-refractivity contribution in [3.05, 3.63) is 59.4 Å². The maximum Gasteiger partial charge on any atom is 0.238 e. The van der Waals surface area contributed by atoms with Gasteiger partial charge in [-0.1, -0.05) is 52.0 Å². The smallest absolute Gasteiger partial charge is 0.238 e. The molecule has 0 saturated heterocycles. The molecule has 5 nitrogen and oxygen atoms in total. The molecule has 0 spiro atoms. The van der Waals surface area contributed by atoms with Gasteiger partial charge in [-0.15, -0.1) is 0 Å². The molecule has 0 aliphatic heterocycles. The van der Waals surface area contributed by atoms with Gasteiger partial charge >= 0.3 is 0 Å². The Morgan fingerprint density at radius 3 is 2.17 bits per heavy atom. The predicted molar refractivity (Wildman–Crippen MR) is 119 cm³/mol. The molecular formula is C23H31FN2O3S. The van der Waals surface area contributed by atoms with E-state index in [0.717, 1.165) is 30.4 Å². The van der Waals surface area contributed by atoms with Crippen molar-refractivity contribution in [2.24, 2.45) is 5.92 Å². The van der Waals surface area contributed by atoms with Gasteiger partial charge < -0.3 is 10.6 Å². The molecule has 2 aromatic carbocycles. The molecule has 2 N–H and O–H groups in total. The van der Waals surface area contributed by atoms with Crippen LogP contribution in [0.1, 0.15) is 57.2 Å². The number of hydrogen-bond acceptors (Lipinski definition) is 4. The van der Waals surface area contributed by atoms with Crippen LogP contribution in [0.15, 0.2) is 47.4 Å². The second-order valence-corrected chi connectivity index (χ2v) is 10.1. The van der Waals surface area contributed by atoms with E-state index in [1.807, 2.05) is 0 Å². The molecule has 0 heterocycles. The Morgan fingerprint density at radius 1 is 1.03 bits per heavy atom. The van der Waals surface area contributed by atoms with Crippen molar-refractivity contribution in [2.45, 2.75) is 51.0 Å². The van der Waals surface area contributed by atoms with Crippen LogP contribution in [0, 0.1) is 11.7 Å². The Balaban J connectivity index is 2.07. The van der Waals surface area contributed by atoms with E-state index in [0.29, 0.717) is 5.92 Å². The van der Waals surface area contributed by atoms with E-state index in [9.17, 15) is 17.6 Å². The van der Waals surface area contributed by atoms with Crippen molar-refractivity contribution >= 4 is 21.4 Å². The minimum atomic E-state index is -3.50. The molecule has 0 bridgehead atoms. The highest BCUT2D eigenvalue weighted by Crippen LogP contribution is 2.25. The van der Waals surface area contributed by atoms with Gasteiger partial charge in [-0.3, -0.25) is 4.79 Å². The Labute approximate surface area is 179 Å². The van der Waals surface area contributed by atoms with Gasteiger partial charge in [0, 0.05) is 12.3 Å². The van der Waals surface area contributed by atoms with E-state index >= 15 is 0 Å².